The van der Waals surface area contributed by atoms with E-state index >= 15 is 0 Å². The van der Waals surface area contributed by atoms with Gasteiger partial charge in [-0.25, -0.2) is 9.50 Å². The number of fused-ring (bicyclic) bond motifs is 1. The van der Waals surface area contributed by atoms with E-state index in [9.17, 15) is 0 Å². The van der Waals surface area contributed by atoms with Crippen molar-refractivity contribution in [3.05, 3.63) is 42.2 Å². The van der Waals surface area contributed by atoms with Crippen molar-refractivity contribution < 1.29 is 0 Å². The minimum absolute atomic E-state index is 0.297. The summed E-state index contributed by atoms with van der Waals surface area (Å²) >= 11 is 1.73. The predicted octanol–water partition coefficient (Wildman–Crippen LogP) is 3.76. The Morgan fingerprint density at radius 2 is 1.88 bits per heavy atom. The van der Waals surface area contributed by atoms with Gasteiger partial charge in [-0.05, 0) is 62.1 Å². The summed E-state index contributed by atoms with van der Waals surface area (Å²) in [6.45, 7) is 0. The van der Waals surface area contributed by atoms with Gasteiger partial charge in [-0.1, -0.05) is 0 Å². The van der Waals surface area contributed by atoms with Crippen molar-refractivity contribution in [1.29, 1.82) is 0 Å². The summed E-state index contributed by atoms with van der Waals surface area (Å²) < 4.78 is 1.74. The van der Waals surface area contributed by atoms with Crippen molar-refractivity contribution in [3.8, 4) is 0 Å². The molecule has 0 spiro atoms. The van der Waals surface area contributed by atoms with Gasteiger partial charge in [0.15, 0.2) is 5.65 Å². The molecule has 1 aliphatic rings. The number of nitrogens with one attached hydrogen (secondary N) is 1. The predicted molar refractivity (Wildman–Crippen MR) is 108 cm³/mol. The Morgan fingerprint density at radius 3 is 2.58 bits per heavy atom. The van der Waals surface area contributed by atoms with Gasteiger partial charge in [0.25, 0.3) is 0 Å². The molecule has 6 nitrogen and oxygen atoms in total. The van der Waals surface area contributed by atoms with E-state index in [0.717, 1.165) is 48.3 Å². The lowest BCUT2D eigenvalue weighted by molar-refractivity contribution is 0.396. The summed E-state index contributed by atoms with van der Waals surface area (Å²) in [5, 5.41) is 8.08. The van der Waals surface area contributed by atoms with Crippen molar-refractivity contribution in [2.75, 3.05) is 17.3 Å². The number of nitrogens with two attached hydrogens (primary N) is 2. The first-order valence-corrected chi connectivity index (χ1v) is 10.2. The number of aromatic nitrogens is 3. The molecule has 1 saturated carbocycles. The normalized spacial score (nSPS) is 20.4. The van der Waals surface area contributed by atoms with Gasteiger partial charge < -0.3 is 16.8 Å². The summed E-state index contributed by atoms with van der Waals surface area (Å²) in [6.07, 6.45) is 9.76. The molecule has 2 heterocycles. The van der Waals surface area contributed by atoms with Gasteiger partial charge in [-0.15, -0.1) is 16.9 Å². The maximum atomic E-state index is 6.38. The lowest BCUT2D eigenvalue weighted by atomic mass is 9.81. The third-order valence-electron chi connectivity index (χ3n) is 5.15. The smallest absolute Gasteiger partial charge is 0.177 e. The van der Waals surface area contributed by atoms with Crippen LogP contribution >= 0.6 is 11.8 Å². The molecule has 0 aliphatic heterocycles. The van der Waals surface area contributed by atoms with Gasteiger partial charge in [-0.2, -0.15) is 0 Å². The number of rotatable bonds is 4. The highest BCUT2D eigenvalue weighted by Crippen LogP contribution is 2.41. The highest BCUT2D eigenvalue weighted by molar-refractivity contribution is 7.98. The van der Waals surface area contributed by atoms with Crippen LogP contribution in [0, 0.1) is 0 Å². The molecule has 1 fully saturated rings. The van der Waals surface area contributed by atoms with Gasteiger partial charge >= 0.3 is 0 Å². The van der Waals surface area contributed by atoms with E-state index in [1.54, 1.807) is 22.5 Å². The number of thioether (sulfide) groups is 1. The molecule has 2 aromatic heterocycles. The van der Waals surface area contributed by atoms with E-state index in [2.05, 4.69) is 45.9 Å². The topological polar surface area (TPSA) is 94.3 Å². The van der Waals surface area contributed by atoms with Crippen molar-refractivity contribution >= 4 is 34.6 Å². The first-order valence-electron chi connectivity index (χ1n) is 8.95. The number of hydrogen-bond acceptors (Lipinski definition) is 6. The highest BCUT2D eigenvalue weighted by Gasteiger charge is 2.27. The Hall–Kier alpha value is -2.25. The molecule has 0 bridgehead atoms. The monoisotopic (exact) mass is 368 g/mol. The molecule has 3 aromatic rings. The summed E-state index contributed by atoms with van der Waals surface area (Å²) in [5.41, 5.74) is 16.3. The number of hydrogen-bond donors (Lipinski definition) is 3. The third kappa shape index (κ3) is 3.24. The molecular weight excluding hydrogens is 344 g/mol. The minimum Gasteiger partial charge on any atom is -0.382 e. The average Bonchev–Trinajstić information content (AvgIpc) is 3.12. The van der Waals surface area contributed by atoms with Crippen LogP contribution in [0.4, 0.5) is 17.2 Å². The fourth-order valence-electron chi connectivity index (χ4n) is 3.74. The fraction of sp³-hybridized carbons (Fsp3) is 0.368. The Labute approximate surface area is 157 Å². The molecule has 5 N–H and O–H groups in total. The molecule has 0 unspecified atom stereocenters. The lowest BCUT2D eigenvalue weighted by Gasteiger charge is -2.28. The van der Waals surface area contributed by atoms with Crippen molar-refractivity contribution in [2.45, 2.75) is 42.5 Å². The van der Waals surface area contributed by atoms with Crippen LogP contribution in [0.25, 0.3) is 5.65 Å². The highest BCUT2D eigenvalue weighted by atomic mass is 32.2. The second kappa shape index (κ2) is 7.17. The van der Waals surface area contributed by atoms with E-state index in [0.29, 0.717) is 17.8 Å². The number of nitrogens with zero attached hydrogens (tertiary/aromatic N) is 3. The third-order valence-corrected chi connectivity index (χ3v) is 5.89. The number of anilines is 3. The Morgan fingerprint density at radius 1 is 1.15 bits per heavy atom. The van der Waals surface area contributed by atoms with Gasteiger partial charge in [-0.3, -0.25) is 0 Å². The van der Waals surface area contributed by atoms with Crippen molar-refractivity contribution in [1.82, 2.24) is 14.6 Å². The van der Waals surface area contributed by atoms with Gasteiger partial charge in [0.2, 0.25) is 0 Å². The molecule has 26 heavy (non-hydrogen) atoms. The van der Waals surface area contributed by atoms with E-state index < -0.39 is 0 Å². The van der Waals surface area contributed by atoms with Crippen LogP contribution in [0.1, 0.15) is 37.2 Å². The molecule has 0 saturated heterocycles. The lowest BCUT2D eigenvalue weighted by Crippen LogP contribution is -2.26. The van der Waals surface area contributed by atoms with Gasteiger partial charge in [0.05, 0.1) is 5.69 Å². The van der Waals surface area contributed by atoms with Crippen LogP contribution in [0.5, 0.6) is 0 Å². The quantitative estimate of drug-likeness (QED) is 0.607. The van der Waals surface area contributed by atoms with E-state index in [1.807, 2.05) is 6.20 Å². The molecule has 136 valence electrons. The molecule has 1 aliphatic carbocycles. The van der Waals surface area contributed by atoms with Gasteiger partial charge in [0, 0.05) is 34.6 Å². The number of imidazole rings is 1. The Balaban J connectivity index is 1.77. The Kier molecular flexibility index (Phi) is 4.74. The zero-order chi connectivity index (χ0) is 18.1. The minimum atomic E-state index is 0.297. The van der Waals surface area contributed by atoms with Crippen molar-refractivity contribution in [3.63, 3.8) is 0 Å². The molecule has 4 rings (SSSR count). The zero-order valence-electron chi connectivity index (χ0n) is 14.9. The van der Waals surface area contributed by atoms with Crippen LogP contribution in [0.3, 0.4) is 0 Å². The standard InChI is InChI=1S/C19H24N6S/c1-26-15-8-6-14(7-9-15)23-17-16(12-2-4-13(20)5-3-12)18(21)24-25-11-10-22-19(17)25/h6-13,23H,2-5,20H2,1H3,(H2,21,24)/t12-,13-. The molecule has 0 radical (unpaired) electrons. The Bertz CT molecular complexity index is 896. The molecule has 0 atom stereocenters. The summed E-state index contributed by atoms with van der Waals surface area (Å²) in [5.74, 6) is 0.927. The summed E-state index contributed by atoms with van der Waals surface area (Å²) in [6, 6.07) is 8.69. The van der Waals surface area contributed by atoms with E-state index in [-0.39, 0.29) is 0 Å². The van der Waals surface area contributed by atoms with Crippen LogP contribution < -0.4 is 16.8 Å². The van der Waals surface area contributed by atoms with Gasteiger partial charge in [0.1, 0.15) is 5.82 Å². The molecular formula is C19H24N6S. The van der Waals surface area contributed by atoms with E-state index in [4.69, 9.17) is 11.5 Å². The second-order valence-electron chi connectivity index (χ2n) is 6.83. The van der Waals surface area contributed by atoms with Crippen molar-refractivity contribution in [2.24, 2.45) is 5.73 Å². The molecule has 7 heteroatoms. The average molecular weight is 369 g/mol. The number of benzene rings is 1. The van der Waals surface area contributed by atoms with Crippen LogP contribution in [0.2, 0.25) is 0 Å². The number of nitrogen functional groups attached to an aromatic ring is 1. The van der Waals surface area contributed by atoms with Crippen LogP contribution in [-0.4, -0.2) is 26.9 Å². The second-order valence-corrected chi connectivity index (χ2v) is 7.71. The molecule has 1 aromatic carbocycles. The fourth-order valence-corrected chi connectivity index (χ4v) is 4.15. The SMILES string of the molecule is CSc1ccc(Nc2c3nccn3nc(N)c2[C@H]2CC[C@H](N)CC2)cc1. The maximum absolute atomic E-state index is 6.38. The largest absolute Gasteiger partial charge is 0.382 e. The van der Waals surface area contributed by atoms with E-state index in [1.165, 1.54) is 4.90 Å². The first kappa shape index (κ1) is 17.2. The maximum Gasteiger partial charge on any atom is 0.177 e. The van der Waals surface area contributed by atoms with Crippen LogP contribution in [-0.2, 0) is 0 Å². The summed E-state index contributed by atoms with van der Waals surface area (Å²) in [7, 11) is 0. The summed E-state index contributed by atoms with van der Waals surface area (Å²) in [4.78, 5) is 5.75. The molecule has 0 amide bonds. The van der Waals surface area contributed by atoms with Crippen LogP contribution in [0.15, 0.2) is 41.6 Å². The first-order chi connectivity index (χ1) is 12.7. The zero-order valence-corrected chi connectivity index (χ0v) is 15.7.